The third-order valence-corrected chi connectivity index (χ3v) is 2.54. The fraction of sp³-hybridized carbons (Fsp3) is 0.143. The summed E-state index contributed by atoms with van der Waals surface area (Å²) >= 11 is 12.8. The lowest BCUT2D eigenvalue weighted by molar-refractivity contribution is 0.913. The number of hydrogen-bond acceptors (Lipinski definition) is 5. The molecule has 2 aromatic heterocycles. The minimum absolute atomic E-state index is 0.108. The van der Waals surface area contributed by atoms with E-state index in [0.717, 1.165) is 5.01 Å². The van der Waals surface area contributed by atoms with Crippen molar-refractivity contribution in [1.29, 1.82) is 0 Å². The molecular weight excluding hydrogens is 243 g/mol. The van der Waals surface area contributed by atoms with E-state index in [0.29, 0.717) is 12.2 Å². The normalized spacial score (nSPS) is 10.4. The lowest BCUT2D eigenvalue weighted by Gasteiger charge is -1.97. The third-order valence-electron chi connectivity index (χ3n) is 1.42. The van der Waals surface area contributed by atoms with E-state index >= 15 is 0 Å². The van der Waals surface area contributed by atoms with E-state index in [9.17, 15) is 0 Å². The number of hydrogen-bond donors (Lipinski definition) is 0. The van der Waals surface area contributed by atoms with Gasteiger partial charge in [-0.25, -0.2) is 15.0 Å². The Bertz CT molecular complexity index is 411. The number of thiazole rings is 1. The van der Waals surface area contributed by atoms with Crippen molar-refractivity contribution in [2.45, 2.75) is 6.42 Å². The first-order valence-corrected chi connectivity index (χ1v) is 5.32. The average Bonchev–Trinajstić information content (AvgIpc) is 2.54. The van der Waals surface area contributed by atoms with Gasteiger partial charge in [-0.05, 0) is 23.2 Å². The summed E-state index contributed by atoms with van der Waals surface area (Å²) in [5.41, 5.74) is 0. The number of halogens is 2. The molecule has 0 unspecified atom stereocenters. The molecule has 0 saturated carbocycles. The monoisotopic (exact) mass is 246 g/mol. The predicted octanol–water partition coefficient (Wildman–Crippen LogP) is 2.23. The molecule has 7 heteroatoms. The Morgan fingerprint density at radius 3 is 2.43 bits per heavy atom. The summed E-state index contributed by atoms with van der Waals surface area (Å²) < 4.78 is 0. The van der Waals surface area contributed by atoms with Gasteiger partial charge in [-0.2, -0.15) is 4.98 Å². The third kappa shape index (κ3) is 2.37. The fourth-order valence-corrected chi connectivity index (χ4v) is 1.93. The van der Waals surface area contributed by atoms with Crippen molar-refractivity contribution >= 4 is 34.5 Å². The Morgan fingerprint density at radius 1 is 1.14 bits per heavy atom. The highest BCUT2D eigenvalue weighted by Gasteiger charge is 2.05. The molecule has 0 radical (unpaired) electrons. The molecule has 0 aliphatic rings. The summed E-state index contributed by atoms with van der Waals surface area (Å²) in [6, 6.07) is 0. The Hall–Kier alpha value is -0.780. The van der Waals surface area contributed by atoms with Gasteiger partial charge in [0.15, 0.2) is 0 Å². The van der Waals surface area contributed by atoms with Crippen LogP contribution in [0.1, 0.15) is 10.8 Å². The van der Waals surface area contributed by atoms with E-state index in [1.165, 1.54) is 11.3 Å². The van der Waals surface area contributed by atoms with Gasteiger partial charge in [-0.3, -0.25) is 0 Å². The number of rotatable bonds is 2. The van der Waals surface area contributed by atoms with Gasteiger partial charge in [0, 0.05) is 11.6 Å². The SMILES string of the molecule is Clc1nc(Cl)nc(Cc2nccs2)n1. The Balaban J connectivity index is 2.25. The predicted molar refractivity (Wildman–Crippen MR) is 54.8 cm³/mol. The van der Waals surface area contributed by atoms with Crippen molar-refractivity contribution in [3.05, 3.63) is 33.0 Å². The van der Waals surface area contributed by atoms with Gasteiger partial charge < -0.3 is 0 Å². The van der Waals surface area contributed by atoms with Crippen molar-refractivity contribution < 1.29 is 0 Å². The van der Waals surface area contributed by atoms with Gasteiger partial charge in [-0.15, -0.1) is 11.3 Å². The van der Waals surface area contributed by atoms with Crippen LogP contribution in [0.2, 0.25) is 10.6 Å². The molecule has 0 bridgehead atoms. The lowest BCUT2D eigenvalue weighted by Crippen LogP contribution is -1.99. The highest BCUT2D eigenvalue weighted by atomic mass is 35.5. The van der Waals surface area contributed by atoms with Gasteiger partial charge in [0.2, 0.25) is 10.6 Å². The molecule has 14 heavy (non-hydrogen) atoms. The molecule has 0 aromatic carbocycles. The molecule has 0 aliphatic heterocycles. The maximum Gasteiger partial charge on any atom is 0.226 e. The van der Waals surface area contributed by atoms with Gasteiger partial charge in [0.25, 0.3) is 0 Å². The van der Waals surface area contributed by atoms with Gasteiger partial charge >= 0.3 is 0 Å². The Labute approximate surface area is 94.0 Å². The molecule has 2 heterocycles. The van der Waals surface area contributed by atoms with E-state index in [1.54, 1.807) is 6.20 Å². The zero-order valence-electron chi connectivity index (χ0n) is 6.81. The molecule has 0 N–H and O–H groups in total. The van der Waals surface area contributed by atoms with Gasteiger partial charge in [0.1, 0.15) is 10.8 Å². The van der Waals surface area contributed by atoms with Crippen LogP contribution in [0.3, 0.4) is 0 Å². The van der Waals surface area contributed by atoms with Crippen LogP contribution >= 0.6 is 34.5 Å². The molecule has 0 spiro atoms. The molecule has 0 amide bonds. The van der Waals surface area contributed by atoms with Crippen LogP contribution in [0, 0.1) is 0 Å². The quantitative estimate of drug-likeness (QED) is 0.816. The van der Waals surface area contributed by atoms with Gasteiger partial charge in [0.05, 0.1) is 6.42 Å². The number of aromatic nitrogens is 4. The highest BCUT2D eigenvalue weighted by Crippen LogP contribution is 2.12. The van der Waals surface area contributed by atoms with Crippen LogP contribution in [0.25, 0.3) is 0 Å². The molecule has 0 aliphatic carbocycles. The van der Waals surface area contributed by atoms with E-state index in [2.05, 4.69) is 19.9 Å². The minimum Gasteiger partial charge on any atom is -0.249 e. The van der Waals surface area contributed by atoms with E-state index in [-0.39, 0.29) is 10.6 Å². The van der Waals surface area contributed by atoms with Crippen LogP contribution in [-0.4, -0.2) is 19.9 Å². The van der Waals surface area contributed by atoms with Crippen LogP contribution in [0.5, 0.6) is 0 Å². The molecule has 4 nitrogen and oxygen atoms in total. The maximum absolute atomic E-state index is 5.63. The zero-order valence-corrected chi connectivity index (χ0v) is 9.14. The first kappa shape index (κ1) is 9.76. The van der Waals surface area contributed by atoms with Crippen LogP contribution in [0.15, 0.2) is 11.6 Å². The summed E-state index contributed by atoms with van der Waals surface area (Å²) in [7, 11) is 0. The van der Waals surface area contributed by atoms with Crippen LogP contribution < -0.4 is 0 Å². The highest BCUT2D eigenvalue weighted by molar-refractivity contribution is 7.09. The van der Waals surface area contributed by atoms with Crippen molar-refractivity contribution in [1.82, 2.24) is 19.9 Å². The standard InChI is InChI=1S/C7H4Cl2N4S/c8-6-11-4(12-7(9)13-6)3-5-10-1-2-14-5/h1-2H,3H2. The molecule has 0 atom stereocenters. The minimum atomic E-state index is 0.108. The molecular formula is C7H4Cl2N4S. The second-order valence-electron chi connectivity index (χ2n) is 2.39. The molecule has 2 aromatic rings. The largest absolute Gasteiger partial charge is 0.249 e. The molecule has 0 saturated heterocycles. The zero-order chi connectivity index (χ0) is 9.97. The second-order valence-corrected chi connectivity index (χ2v) is 4.05. The second kappa shape index (κ2) is 4.16. The molecule has 72 valence electrons. The fourth-order valence-electron chi connectivity index (χ4n) is 0.919. The summed E-state index contributed by atoms with van der Waals surface area (Å²) in [5, 5.41) is 3.02. The van der Waals surface area contributed by atoms with Gasteiger partial charge in [-0.1, -0.05) is 0 Å². The molecule has 0 fully saturated rings. The summed E-state index contributed by atoms with van der Waals surface area (Å²) in [6.45, 7) is 0. The van der Waals surface area contributed by atoms with Crippen molar-refractivity contribution in [3.63, 3.8) is 0 Å². The summed E-state index contributed by atoms with van der Waals surface area (Å²) in [6.07, 6.45) is 2.25. The van der Waals surface area contributed by atoms with E-state index in [1.807, 2.05) is 5.38 Å². The number of nitrogens with zero attached hydrogens (tertiary/aromatic N) is 4. The smallest absolute Gasteiger partial charge is 0.226 e. The van der Waals surface area contributed by atoms with E-state index in [4.69, 9.17) is 23.2 Å². The molecule has 2 rings (SSSR count). The first-order chi connectivity index (χ1) is 6.74. The maximum atomic E-state index is 5.63. The van der Waals surface area contributed by atoms with Crippen molar-refractivity contribution in [2.24, 2.45) is 0 Å². The van der Waals surface area contributed by atoms with Crippen LogP contribution in [-0.2, 0) is 6.42 Å². The summed E-state index contributed by atoms with van der Waals surface area (Å²) in [5.74, 6) is 0.532. The van der Waals surface area contributed by atoms with Crippen LogP contribution in [0.4, 0.5) is 0 Å². The lowest BCUT2D eigenvalue weighted by atomic mass is 10.4. The summed E-state index contributed by atoms with van der Waals surface area (Å²) in [4.78, 5) is 15.6. The Kier molecular flexibility index (Phi) is 2.90. The van der Waals surface area contributed by atoms with Crippen molar-refractivity contribution in [2.75, 3.05) is 0 Å². The first-order valence-electron chi connectivity index (χ1n) is 3.68. The Morgan fingerprint density at radius 2 is 1.86 bits per heavy atom. The van der Waals surface area contributed by atoms with E-state index < -0.39 is 0 Å². The topological polar surface area (TPSA) is 51.6 Å². The average molecular weight is 247 g/mol. The van der Waals surface area contributed by atoms with Crippen molar-refractivity contribution in [3.8, 4) is 0 Å².